The Morgan fingerprint density at radius 1 is 1.33 bits per heavy atom. The molecule has 3 atom stereocenters. The lowest BCUT2D eigenvalue weighted by atomic mass is 9.77. The van der Waals surface area contributed by atoms with Gasteiger partial charge >= 0.3 is 5.97 Å². The van der Waals surface area contributed by atoms with Crippen LogP contribution < -0.4 is 0 Å². The van der Waals surface area contributed by atoms with E-state index in [9.17, 15) is 4.79 Å². The highest BCUT2D eigenvalue weighted by atomic mass is 35.5. The molecule has 0 bridgehead atoms. The van der Waals surface area contributed by atoms with Gasteiger partial charge in [-0.2, -0.15) is 0 Å². The minimum absolute atomic E-state index is 0. The van der Waals surface area contributed by atoms with Crippen molar-refractivity contribution >= 4 is 18.4 Å². The fourth-order valence-corrected chi connectivity index (χ4v) is 3.16. The summed E-state index contributed by atoms with van der Waals surface area (Å²) in [5.41, 5.74) is 0.304. The van der Waals surface area contributed by atoms with Gasteiger partial charge in [0.1, 0.15) is 5.60 Å². The number of rotatable bonds is 3. The standard InChI is InChI=1S/C17H25NO2.ClH/c1-5-17(11-14(3)18(4)12-13(17)2)20-16(19)15-9-7-6-8-10-15;/h6-10,13-14H,5,11-12H2,1-4H3;1H. The van der Waals surface area contributed by atoms with Crippen LogP contribution in [-0.4, -0.2) is 36.1 Å². The second-order valence-corrected chi connectivity index (χ2v) is 6.07. The number of benzene rings is 1. The van der Waals surface area contributed by atoms with Crippen molar-refractivity contribution in [1.29, 1.82) is 0 Å². The molecule has 0 saturated carbocycles. The maximum atomic E-state index is 12.4. The van der Waals surface area contributed by atoms with Gasteiger partial charge in [-0.3, -0.25) is 0 Å². The molecule has 0 aromatic heterocycles. The molecule has 0 amide bonds. The predicted molar refractivity (Wildman–Crippen MR) is 88.0 cm³/mol. The minimum atomic E-state index is -0.334. The minimum Gasteiger partial charge on any atom is -0.455 e. The van der Waals surface area contributed by atoms with Gasteiger partial charge in [0.05, 0.1) is 5.56 Å². The molecule has 1 aliphatic heterocycles. The van der Waals surface area contributed by atoms with E-state index in [0.717, 1.165) is 19.4 Å². The van der Waals surface area contributed by atoms with Crippen molar-refractivity contribution < 1.29 is 9.53 Å². The van der Waals surface area contributed by atoms with Gasteiger partial charge in [-0.05, 0) is 32.5 Å². The first-order chi connectivity index (χ1) is 9.48. The van der Waals surface area contributed by atoms with E-state index in [0.29, 0.717) is 17.5 Å². The van der Waals surface area contributed by atoms with Crippen molar-refractivity contribution in [2.75, 3.05) is 13.6 Å². The Kier molecular flexibility index (Phi) is 6.24. The molecule has 0 spiro atoms. The monoisotopic (exact) mass is 311 g/mol. The second kappa shape index (κ2) is 7.28. The van der Waals surface area contributed by atoms with E-state index in [1.165, 1.54) is 0 Å². The first-order valence-electron chi connectivity index (χ1n) is 7.47. The molecular formula is C17H26ClNO2. The number of nitrogens with zero attached hydrogens (tertiary/aromatic N) is 1. The summed E-state index contributed by atoms with van der Waals surface area (Å²) in [6.45, 7) is 7.47. The number of carbonyl (C=O) groups excluding carboxylic acids is 1. The van der Waals surface area contributed by atoms with Crippen LogP contribution in [0.2, 0.25) is 0 Å². The van der Waals surface area contributed by atoms with E-state index in [4.69, 9.17) is 4.74 Å². The van der Waals surface area contributed by atoms with Gasteiger partial charge in [-0.25, -0.2) is 4.79 Å². The Balaban J connectivity index is 0.00000220. The molecule has 2 rings (SSSR count). The third kappa shape index (κ3) is 3.78. The average Bonchev–Trinajstić information content (AvgIpc) is 2.45. The highest BCUT2D eigenvalue weighted by molar-refractivity contribution is 5.89. The summed E-state index contributed by atoms with van der Waals surface area (Å²) in [6.07, 6.45) is 1.77. The van der Waals surface area contributed by atoms with E-state index >= 15 is 0 Å². The zero-order chi connectivity index (χ0) is 14.8. The zero-order valence-electron chi connectivity index (χ0n) is 13.3. The van der Waals surface area contributed by atoms with Crippen LogP contribution in [0.3, 0.4) is 0 Å². The highest BCUT2D eigenvalue weighted by Gasteiger charge is 2.44. The molecule has 1 aliphatic rings. The van der Waals surface area contributed by atoms with Crippen LogP contribution in [0, 0.1) is 5.92 Å². The summed E-state index contributed by atoms with van der Waals surface area (Å²) in [6, 6.07) is 9.72. The van der Waals surface area contributed by atoms with Crippen molar-refractivity contribution in [2.24, 2.45) is 5.92 Å². The molecule has 3 nitrogen and oxygen atoms in total. The zero-order valence-corrected chi connectivity index (χ0v) is 14.2. The van der Waals surface area contributed by atoms with Crippen LogP contribution >= 0.6 is 12.4 Å². The van der Waals surface area contributed by atoms with Crippen molar-refractivity contribution in [3.8, 4) is 0 Å². The van der Waals surface area contributed by atoms with Gasteiger partial charge in [0.2, 0.25) is 0 Å². The molecule has 0 aliphatic carbocycles. The lowest BCUT2D eigenvalue weighted by Gasteiger charge is -2.47. The topological polar surface area (TPSA) is 29.5 Å². The normalized spacial score (nSPS) is 29.5. The SMILES string of the molecule is CCC1(OC(=O)c2ccccc2)CC(C)N(C)CC1C.Cl. The molecule has 4 heteroatoms. The summed E-state index contributed by atoms with van der Waals surface area (Å²) >= 11 is 0. The molecule has 0 N–H and O–H groups in total. The molecule has 1 fully saturated rings. The van der Waals surface area contributed by atoms with Crippen LogP contribution in [0.25, 0.3) is 0 Å². The van der Waals surface area contributed by atoms with Crippen LogP contribution in [0.4, 0.5) is 0 Å². The van der Waals surface area contributed by atoms with Crippen molar-refractivity contribution in [1.82, 2.24) is 4.90 Å². The summed E-state index contributed by atoms with van der Waals surface area (Å²) < 4.78 is 5.98. The van der Waals surface area contributed by atoms with E-state index in [1.54, 1.807) is 0 Å². The molecule has 1 aromatic rings. The fourth-order valence-electron chi connectivity index (χ4n) is 3.16. The Bertz CT molecular complexity index is 465. The van der Waals surface area contributed by atoms with Gasteiger partial charge in [0.15, 0.2) is 0 Å². The first kappa shape index (κ1) is 18.0. The first-order valence-corrected chi connectivity index (χ1v) is 7.47. The van der Waals surface area contributed by atoms with E-state index in [-0.39, 0.29) is 24.0 Å². The quantitative estimate of drug-likeness (QED) is 0.796. The van der Waals surface area contributed by atoms with Crippen molar-refractivity contribution in [3.63, 3.8) is 0 Å². The van der Waals surface area contributed by atoms with Gasteiger partial charge < -0.3 is 9.64 Å². The third-order valence-corrected chi connectivity index (χ3v) is 4.76. The Labute approximate surface area is 134 Å². The van der Waals surface area contributed by atoms with Crippen LogP contribution in [-0.2, 0) is 4.74 Å². The molecule has 21 heavy (non-hydrogen) atoms. The van der Waals surface area contributed by atoms with E-state index < -0.39 is 0 Å². The smallest absolute Gasteiger partial charge is 0.338 e. The molecular weight excluding hydrogens is 286 g/mol. The van der Waals surface area contributed by atoms with Crippen molar-refractivity contribution in [3.05, 3.63) is 35.9 Å². The van der Waals surface area contributed by atoms with Crippen LogP contribution in [0.1, 0.15) is 44.0 Å². The summed E-state index contributed by atoms with van der Waals surface area (Å²) in [5, 5.41) is 0. The van der Waals surface area contributed by atoms with Gasteiger partial charge in [-0.1, -0.05) is 32.0 Å². The Morgan fingerprint density at radius 3 is 2.52 bits per heavy atom. The number of ether oxygens (including phenoxy) is 1. The second-order valence-electron chi connectivity index (χ2n) is 6.07. The lowest BCUT2D eigenvalue weighted by Crippen LogP contribution is -2.55. The number of halogens is 1. The number of esters is 1. The third-order valence-electron chi connectivity index (χ3n) is 4.76. The number of likely N-dealkylation sites (tertiary alicyclic amines) is 1. The van der Waals surface area contributed by atoms with Crippen LogP contribution in [0.5, 0.6) is 0 Å². The van der Waals surface area contributed by atoms with Gasteiger partial charge in [0.25, 0.3) is 0 Å². The molecule has 1 saturated heterocycles. The molecule has 0 radical (unpaired) electrons. The fraction of sp³-hybridized carbons (Fsp3) is 0.588. The predicted octanol–water partition coefficient (Wildman–Crippen LogP) is 3.77. The van der Waals surface area contributed by atoms with Gasteiger partial charge in [-0.15, -0.1) is 12.4 Å². The molecule has 118 valence electrons. The number of hydrogen-bond donors (Lipinski definition) is 0. The molecule has 1 heterocycles. The summed E-state index contributed by atoms with van der Waals surface area (Å²) in [7, 11) is 2.14. The number of carbonyl (C=O) groups is 1. The average molecular weight is 312 g/mol. The largest absolute Gasteiger partial charge is 0.455 e. The maximum absolute atomic E-state index is 12.4. The Morgan fingerprint density at radius 2 is 1.95 bits per heavy atom. The maximum Gasteiger partial charge on any atom is 0.338 e. The van der Waals surface area contributed by atoms with Gasteiger partial charge in [0, 0.05) is 24.9 Å². The highest BCUT2D eigenvalue weighted by Crippen LogP contribution is 2.37. The van der Waals surface area contributed by atoms with E-state index in [2.05, 4.69) is 32.7 Å². The summed E-state index contributed by atoms with van der Waals surface area (Å²) in [4.78, 5) is 14.7. The number of hydrogen-bond acceptors (Lipinski definition) is 3. The van der Waals surface area contributed by atoms with Crippen molar-refractivity contribution in [2.45, 2.75) is 45.3 Å². The molecule has 1 aromatic carbocycles. The Hall–Kier alpha value is -1.06. The number of piperidine rings is 1. The van der Waals surface area contributed by atoms with Crippen LogP contribution in [0.15, 0.2) is 30.3 Å². The van der Waals surface area contributed by atoms with E-state index in [1.807, 2.05) is 30.3 Å². The lowest BCUT2D eigenvalue weighted by molar-refractivity contribution is -0.0954. The summed E-state index contributed by atoms with van der Waals surface area (Å²) in [5.74, 6) is 0.150. The molecule has 3 unspecified atom stereocenters.